The number of carbonyl (C=O) groups excluding carboxylic acids is 2. The van der Waals surface area contributed by atoms with Crippen molar-refractivity contribution in [3.05, 3.63) is 66.1 Å². The minimum atomic E-state index is -0.567. The molecule has 3 aromatic rings. The highest BCUT2D eigenvalue weighted by atomic mass is 16.6. The molecule has 0 aliphatic rings. The van der Waals surface area contributed by atoms with E-state index in [4.69, 9.17) is 14.0 Å². The summed E-state index contributed by atoms with van der Waals surface area (Å²) in [6, 6.07) is 15.9. The van der Waals surface area contributed by atoms with Crippen LogP contribution in [0.3, 0.4) is 0 Å². The summed E-state index contributed by atoms with van der Waals surface area (Å²) in [6.07, 6.45) is 0.439. The molecule has 0 saturated heterocycles. The number of Topliss-reactive ketones (excluding diaryl/α,β-unsaturated/α-hetero) is 1. The van der Waals surface area contributed by atoms with Gasteiger partial charge < -0.3 is 14.0 Å². The van der Waals surface area contributed by atoms with Gasteiger partial charge in [-0.15, -0.1) is 0 Å². The molecule has 0 radical (unpaired) electrons. The fourth-order valence-electron chi connectivity index (χ4n) is 2.29. The molecule has 3 rings (SSSR count). The maximum Gasteiger partial charge on any atom is 0.344 e. The Morgan fingerprint density at radius 1 is 1.04 bits per heavy atom. The lowest BCUT2D eigenvalue weighted by molar-refractivity contribution is -0.148. The number of carbonyl (C=O) groups is 2. The SMILES string of the molecule is CCC(=O)c1ccc(OCC(=O)OCc2nc(-c3ccccc3)no2)cc1. The van der Waals surface area contributed by atoms with E-state index in [1.54, 1.807) is 31.2 Å². The maximum atomic E-state index is 11.8. The summed E-state index contributed by atoms with van der Waals surface area (Å²) in [4.78, 5) is 27.5. The Bertz CT molecular complexity index is 904. The Labute approximate surface area is 155 Å². The maximum absolute atomic E-state index is 11.8. The smallest absolute Gasteiger partial charge is 0.344 e. The molecule has 0 unspecified atom stereocenters. The monoisotopic (exact) mass is 366 g/mol. The molecule has 0 fully saturated rings. The third kappa shape index (κ3) is 5.01. The zero-order valence-electron chi connectivity index (χ0n) is 14.8. The largest absolute Gasteiger partial charge is 0.482 e. The Balaban J connectivity index is 1.46. The van der Waals surface area contributed by atoms with Crippen LogP contribution in [0.25, 0.3) is 11.4 Å². The Kier molecular flexibility index (Phi) is 5.94. The lowest BCUT2D eigenvalue weighted by Crippen LogP contribution is -2.14. The second-order valence-electron chi connectivity index (χ2n) is 5.63. The van der Waals surface area contributed by atoms with Crippen LogP contribution in [-0.4, -0.2) is 28.5 Å². The lowest BCUT2D eigenvalue weighted by Gasteiger charge is -2.06. The van der Waals surface area contributed by atoms with Crippen LogP contribution in [0.4, 0.5) is 0 Å². The van der Waals surface area contributed by atoms with Crippen LogP contribution in [0, 0.1) is 0 Å². The quantitative estimate of drug-likeness (QED) is 0.445. The van der Waals surface area contributed by atoms with Crippen molar-refractivity contribution in [2.24, 2.45) is 0 Å². The predicted octanol–water partition coefficient (Wildman–Crippen LogP) is 3.45. The minimum Gasteiger partial charge on any atom is -0.482 e. The molecule has 0 aliphatic carbocycles. The molecule has 0 saturated carbocycles. The first-order valence-electron chi connectivity index (χ1n) is 8.45. The highest BCUT2D eigenvalue weighted by Gasteiger charge is 2.11. The molecule has 7 nitrogen and oxygen atoms in total. The zero-order chi connectivity index (χ0) is 19.1. The van der Waals surface area contributed by atoms with Crippen LogP contribution >= 0.6 is 0 Å². The first kappa shape index (κ1) is 18.3. The fraction of sp³-hybridized carbons (Fsp3) is 0.200. The van der Waals surface area contributed by atoms with Crippen molar-refractivity contribution < 1.29 is 23.6 Å². The lowest BCUT2D eigenvalue weighted by atomic mass is 10.1. The Hall–Kier alpha value is -3.48. The van der Waals surface area contributed by atoms with Crippen molar-refractivity contribution in [3.8, 4) is 17.1 Å². The summed E-state index contributed by atoms with van der Waals surface area (Å²) in [5.41, 5.74) is 1.42. The van der Waals surface area contributed by atoms with Crippen LogP contribution in [0.15, 0.2) is 59.1 Å². The number of hydrogen-bond donors (Lipinski definition) is 0. The second-order valence-corrected chi connectivity index (χ2v) is 5.63. The average Bonchev–Trinajstić information content (AvgIpc) is 3.20. The molecule has 0 amide bonds. The second kappa shape index (κ2) is 8.75. The van der Waals surface area contributed by atoms with E-state index in [1.807, 2.05) is 30.3 Å². The third-order valence-electron chi connectivity index (χ3n) is 3.71. The highest BCUT2D eigenvalue weighted by molar-refractivity contribution is 5.95. The molecule has 27 heavy (non-hydrogen) atoms. The van der Waals surface area contributed by atoms with Gasteiger partial charge in [0.25, 0.3) is 5.89 Å². The molecule has 0 aliphatic heterocycles. The van der Waals surface area contributed by atoms with E-state index < -0.39 is 5.97 Å². The first-order chi connectivity index (χ1) is 13.2. The average molecular weight is 366 g/mol. The summed E-state index contributed by atoms with van der Waals surface area (Å²) in [5.74, 6) is 0.589. The van der Waals surface area contributed by atoms with Gasteiger partial charge in [0.1, 0.15) is 5.75 Å². The van der Waals surface area contributed by atoms with Gasteiger partial charge in [-0.1, -0.05) is 42.4 Å². The van der Waals surface area contributed by atoms with Gasteiger partial charge in [-0.25, -0.2) is 4.79 Å². The molecule has 1 heterocycles. The summed E-state index contributed by atoms with van der Waals surface area (Å²) in [7, 11) is 0. The van der Waals surface area contributed by atoms with Gasteiger partial charge in [0.2, 0.25) is 5.82 Å². The molecule has 1 aromatic heterocycles. The van der Waals surface area contributed by atoms with Gasteiger partial charge in [0, 0.05) is 17.5 Å². The van der Waals surface area contributed by atoms with Crippen LogP contribution in [-0.2, 0) is 16.1 Å². The molecule has 2 aromatic carbocycles. The third-order valence-corrected chi connectivity index (χ3v) is 3.71. The molecule has 138 valence electrons. The number of esters is 1. The van der Waals surface area contributed by atoms with Gasteiger partial charge in [-0.2, -0.15) is 4.98 Å². The van der Waals surface area contributed by atoms with E-state index in [0.717, 1.165) is 5.56 Å². The summed E-state index contributed by atoms with van der Waals surface area (Å²) < 4.78 is 15.5. The van der Waals surface area contributed by atoms with Crippen molar-refractivity contribution in [1.29, 1.82) is 0 Å². The van der Waals surface area contributed by atoms with Crippen molar-refractivity contribution in [3.63, 3.8) is 0 Å². The Morgan fingerprint density at radius 2 is 1.78 bits per heavy atom. The van der Waals surface area contributed by atoms with E-state index in [9.17, 15) is 9.59 Å². The number of ketones is 1. The topological polar surface area (TPSA) is 91.5 Å². The number of ether oxygens (including phenoxy) is 2. The first-order valence-corrected chi connectivity index (χ1v) is 8.45. The van der Waals surface area contributed by atoms with E-state index in [0.29, 0.717) is 23.6 Å². The van der Waals surface area contributed by atoms with Gasteiger partial charge in [0.05, 0.1) is 0 Å². The number of nitrogens with zero attached hydrogens (tertiary/aromatic N) is 2. The molecule has 0 N–H and O–H groups in total. The van der Waals surface area contributed by atoms with E-state index in [2.05, 4.69) is 10.1 Å². The summed E-state index contributed by atoms with van der Waals surface area (Å²) in [6.45, 7) is 1.40. The van der Waals surface area contributed by atoms with E-state index in [-0.39, 0.29) is 24.9 Å². The number of rotatable bonds is 8. The van der Waals surface area contributed by atoms with Gasteiger partial charge in [0.15, 0.2) is 19.0 Å². The highest BCUT2D eigenvalue weighted by Crippen LogP contribution is 2.16. The van der Waals surface area contributed by atoms with Gasteiger partial charge >= 0.3 is 5.97 Å². The molecule has 0 atom stereocenters. The molecule has 0 spiro atoms. The molecule has 7 heteroatoms. The normalized spacial score (nSPS) is 10.4. The molecule has 0 bridgehead atoms. The van der Waals surface area contributed by atoms with Crippen LogP contribution in [0.2, 0.25) is 0 Å². The van der Waals surface area contributed by atoms with Crippen LogP contribution < -0.4 is 4.74 Å². The van der Waals surface area contributed by atoms with Gasteiger partial charge in [-0.3, -0.25) is 4.79 Å². The minimum absolute atomic E-state index is 0.0513. The van der Waals surface area contributed by atoms with E-state index >= 15 is 0 Å². The summed E-state index contributed by atoms with van der Waals surface area (Å²) in [5, 5.41) is 3.85. The molecular formula is C20H18N2O5. The number of hydrogen-bond acceptors (Lipinski definition) is 7. The van der Waals surface area contributed by atoms with Crippen molar-refractivity contribution in [2.75, 3.05) is 6.61 Å². The van der Waals surface area contributed by atoms with Gasteiger partial charge in [-0.05, 0) is 24.3 Å². The predicted molar refractivity (Wildman–Crippen MR) is 96.1 cm³/mol. The Morgan fingerprint density at radius 3 is 2.48 bits per heavy atom. The van der Waals surface area contributed by atoms with Crippen molar-refractivity contribution in [1.82, 2.24) is 10.1 Å². The molecular weight excluding hydrogens is 348 g/mol. The number of benzene rings is 2. The standard InChI is InChI=1S/C20H18N2O5/c1-2-17(23)14-8-10-16(11-9-14)25-13-19(24)26-12-18-21-20(22-27-18)15-6-4-3-5-7-15/h3-11H,2,12-13H2,1H3. The summed E-state index contributed by atoms with van der Waals surface area (Å²) >= 11 is 0. The van der Waals surface area contributed by atoms with Crippen molar-refractivity contribution in [2.45, 2.75) is 20.0 Å². The van der Waals surface area contributed by atoms with Crippen LogP contribution in [0.1, 0.15) is 29.6 Å². The van der Waals surface area contributed by atoms with Crippen LogP contribution in [0.5, 0.6) is 5.75 Å². The van der Waals surface area contributed by atoms with E-state index in [1.165, 1.54) is 0 Å². The van der Waals surface area contributed by atoms with Crippen molar-refractivity contribution >= 4 is 11.8 Å². The number of aromatic nitrogens is 2. The fourth-order valence-corrected chi connectivity index (χ4v) is 2.29. The zero-order valence-corrected chi connectivity index (χ0v) is 14.8.